The molecule has 8 nitrogen and oxygen atoms in total. The van der Waals surface area contributed by atoms with Crippen LogP contribution in [0.25, 0.3) is 0 Å². The Hall–Kier alpha value is -3.07. The highest BCUT2D eigenvalue weighted by molar-refractivity contribution is 7.99. The van der Waals surface area contributed by atoms with Crippen LogP contribution in [0.3, 0.4) is 0 Å². The third-order valence-electron chi connectivity index (χ3n) is 5.30. The van der Waals surface area contributed by atoms with Crippen molar-refractivity contribution in [3.8, 4) is 5.75 Å². The van der Waals surface area contributed by atoms with Gasteiger partial charge in [-0.3, -0.25) is 19.7 Å². The summed E-state index contributed by atoms with van der Waals surface area (Å²) in [5, 5.41) is 13.7. The molecular formula is C24H31N3O5S. The number of thioether (sulfide) groups is 1. The molecule has 0 aliphatic rings. The molecule has 2 atom stereocenters. The molecule has 0 unspecified atom stereocenters. The molecule has 33 heavy (non-hydrogen) atoms. The largest absolute Gasteiger partial charge is 0.497 e. The monoisotopic (exact) mass is 473 g/mol. The molecule has 0 bridgehead atoms. The number of hydrogen-bond donors (Lipinski definition) is 1. The van der Waals surface area contributed by atoms with E-state index in [1.807, 2.05) is 38.1 Å². The number of methoxy groups -OCH3 is 1. The van der Waals surface area contributed by atoms with Gasteiger partial charge in [0, 0.05) is 30.5 Å². The quantitative estimate of drug-likeness (QED) is 0.367. The second kappa shape index (κ2) is 12.8. The number of amides is 2. The number of carbonyl (C=O) groups is 2. The third-order valence-corrected chi connectivity index (χ3v) is 6.29. The normalized spacial score (nSPS) is 12.5. The van der Waals surface area contributed by atoms with Crippen LogP contribution in [-0.4, -0.2) is 46.6 Å². The van der Waals surface area contributed by atoms with Gasteiger partial charge in [0.2, 0.25) is 11.8 Å². The van der Waals surface area contributed by atoms with Crippen molar-refractivity contribution in [1.82, 2.24) is 10.2 Å². The fourth-order valence-electron chi connectivity index (χ4n) is 3.07. The zero-order valence-electron chi connectivity index (χ0n) is 19.4. The maximum Gasteiger partial charge on any atom is 0.269 e. The summed E-state index contributed by atoms with van der Waals surface area (Å²) >= 11 is 1.41. The summed E-state index contributed by atoms with van der Waals surface area (Å²) in [4.78, 5) is 37.8. The van der Waals surface area contributed by atoms with Gasteiger partial charge in [-0.25, -0.2) is 0 Å². The lowest BCUT2D eigenvalue weighted by Crippen LogP contribution is -2.50. The molecule has 0 fully saturated rings. The zero-order chi connectivity index (χ0) is 24.4. The molecule has 2 amide bonds. The number of nitrogens with zero attached hydrogens (tertiary/aromatic N) is 2. The van der Waals surface area contributed by atoms with Crippen LogP contribution in [0.1, 0.15) is 38.3 Å². The van der Waals surface area contributed by atoms with Crippen molar-refractivity contribution in [3.05, 3.63) is 69.8 Å². The number of benzene rings is 2. The van der Waals surface area contributed by atoms with Crippen LogP contribution in [0, 0.1) is 10.1 Å². The van der Waals surface area contributed by atoms with Gasteiger partial charge in [-0.15, -0.1) is 11.8 Å². The summed E-state index contributed by atoms with van der Waals surface area (Å²) in [6.45, 7) is 5.93. The average molecular weight is 474 g/mol. The summed E-state index contributed by atoms with van der Waals surface area (Å²) in [6, 6.07) is 13.1. The molecule has 0 spiro atoms. The average Bonchev–Trinajstić information content (AvgIpc) is 2.82. The van der Waals surface area contributed by atoms with E-state index in [0.717, 1.165) is 17.5 Å². The van der Waals surface area contributed by atoms with E-state index in [4.69, 9.17) is 4.74 Å². The fourth-order valence-corrected chi connectivity index (χ4v) is 3.94. The minimum atomic E-state index is -0.641. The lowest BCUT2D eigenvalue weighted by Gasteiger charge is -2.29. The van der Waals surface area contributed by atoms with Crippen LogP contribution >= 0.6 is 11.8 Å². The van der Waals surface area contributed by atoms with Crippen molar-refractivity contribution in [2.45, 2.75) is 51.6 Å². The van der Waals surface area contributed by atoms with Gasteiger partial charge < -0.3 is 15.0 Å². The van der Waals surface area contributed by atoms with Crippen molar-refractivity contribution in [1.29, 1.82) is 0 Å². The Bertz CT molecular complexity index is 951. The van der Waals surface area contributed by atoms with Crippen molar-refractivity contribution >= 4 is 29.3 Å². The van der Waals surface area contributed by atoms with Gasteiger partial charge in [0.25, 0.3) is 5.69 Å². The van der Waals surface area contributed by atoms with Crippen molar-refractivity contribution in [3.63, 3.8) is 0 Å². The van der Waals surface area contributed by atoms with Gasteiger partial charge in [0.15, 0.2) is 0 Å². The predicted octanol–water partition coefficient (Wildman–Crippen LogP) is 4.17. The van der Waals surface area contributed by atoms with E-state index in [2.05, 4.69) is 5.32 Å². The SMILES string of the molecule is CC[C@H](C)NC(=O)[C@H](C)N(Cc1cccc(OC)c1)C(=O)CSCc1ccc([N+](=O)[O-])cc1. The molecule has 2 rings (SSSR count). The molecule has 0 heterocycles. The first-order valence-corrected chi connectivity index (χ1v) is 11.9. The van der Waals surface area contributed by atoms with Crippen molar-refractivity contribution in [2.75, 3.05) is 12.9 Å². The summed E-state index contributed by atoms with van der Waals surface area (Å²) in [6.07, 6.45) is 0.799. The highest BCUT2D eigenvalue weighted by Crippen LogP contribution is 2.20. The maximum absolute atomic E-state index is 13.1. The Morgan fingerprint density at radius 1 is 1.15 bits per heavy atom. The summed E-state index contributed by atoms with van der Waals surface area (Å²) in [5.41, 5.74) is 1.79. The number of non-ortho nitro benzene ring substituents is 1. The number of carbonyl (C=O) groups excluding carboxylic acids is 2. The van der Waals surface area contributed by atoms with Crippen LogP contribution in [0.15, 0.2) is 48.5 Å². The highest BCUT2D eigenvalue weighted by Gasteiger charge is 2.26. The highest BCUT2D eigenvalue weighted by atomic mass is 32.2. The zero-order valence-corrected chi connectivity index (χ0v) is 20.3. The van der Waals surface area contributed by atoms with E-state index in [0.29, 0.717) is 11.5 Å². The van der Waals surface area contributed by atoms with E-state index < -0.39 is 11.0 Å². The molecule has 0 saturated heterocycles. The molecule has 0 aromatic heterocycles. The molecule has 0 aliphatic carbocycles. The number of nitrogens with one attached hydrogen (secondary N) is 1. The van der Waals surface area contributed by atoms with E-state index in [9.17, 15) is 19.7 Å². The van der Waals surface area contributed by atoms with Crippen LogP contribution in [0.5, 0.6) is 5.75 Å². The van der Waals surface area contributed by atoms with Gasteiger partial charge in [-0.2, -0.15) is 0 Å². The molecule has 1 N–H and O–H groups in total. The molecular weight excluding hydrogens is 442 g/mol. The van der Waals surface area contributed by atoms with E-state index in [1.165, 1.54) is 23.9 Å². The second-order valence-corrected chi connectivity index (χ2v) is 8.77. The molecule has 2 aromatic carbocycles. The molecule has 0 aliphatic heterocycles. The Kier molecular flexibility index (Phi) is 10.2. The standard InChI is InChI=1S/C24H31N3O5S/c1-5-17(2)25-24(29)18(3)26(14-20-7-6-8-22(13-20)32-4)23(28)16-33-15-19-9-11-21(12-10-19)27(30)31/h6-13,17-18H,5,14-16H2,1-4H3,(H,25,29)/t17-,18-/m0/s1. The first kappa shape index (κ1) is 26.2. The first-order valence-electron chi connectivity index (χ1n) is 10.8. The Morgan fingerprint density at radius 2 is 1.85 bits per heavy atom. The number of rotatable bonds is 12. The van der Waals surface area contributed by atoms with Crippen molar-refractivity contribution in [2.24, 2.45) is 0 Å². The second-order valence-electron chi connectivity index (χ2n) is 7.78. The van der Waals surface area contributed by atoms with Gasteiger partial charge in [0.05, 0.1) is 17.8 Å². The van der Waals surface area contributed by atoms with Crippen LogP contribution in [-0.2, 0) is 21.9 Å². The maximum atomic E-state index is 13.1. The minimum absolute atomic E-state index is 0.0187. The van der Waals surface area contributed by atoms with Crippen LogP contribution in [0.4, 0.5) is 5.69 Å². The van der Waals surface area contributed by atoms with Gasteiger partial charge in [-0.05, 0) is 43.5 Å². The molecule has 9 heteroatoms. The molecule has 0 saturated carbocycles. The van der Waals surface area contributed by atoms with Crippen molar-refractivity contribution < 1.29 is 19.2 Å². The number of ether oxygens (including phenoxy) is 1. The molecule has 2 aromatic rings. The van der Waals surface area contributed by atoms with E-state index in [1.54, 1.807) is 31.1 Å². The summed E-state index contributed by atoms with van der Waals surface area (Å²) in [5.74, 6) is 1.05. The number of nitro groups is 1. The predicted molar refractivity (Wildman–Crippen MR) is 130 cm³/mol. The van der Waals surface area contributed by atoms with E-state index >= 15 is 0 Å². The van der Waals surface area contributed by atoms with E-state index in [-0.39, 0.29) is 35.8 Å². The van der Waals surface area contributed by atoms with Gasteiger partial charge in [0.1, 0.15) is 11.8 Å². The third kappa shape index (κ3) is 8.09. The smallest absolute Gasteiger partial charge is 0.269 e. The van der Waals surface area contributed by atoms with Crippen LogP contribution < -0.4 is 10.1 Å². The summed E-state index contributed by atoms with van der Waals surface area (Å²) < 4.78 is 5.28. The van der Waals surface area contributed by atoms with Gasteiger partial charge >= 0.3 is 0 Å². The first-order chi connectivity index (χ1) is 15.7. The topological polar surface area (TPSA) is 102 Å². The summed E-state index contributed by atoms with van der Waals surface area (Å²) in [7, 11) is 1.58. The Labute approximate surface area is 198 Å². The lowest BCUT2D eigenvalue weighted by atomic mass is 10.1. The lowest BCUT2D eigenvalue weighted by molar-refractivity contribution is -0.384. The number of hydrogen-bond acceptors (Lipinski definition) is 6. The number of nitro benzene ring substituents is 1. The molecule has 0 radical (unpaired) electrons. The van der Waals surface area contributed by atoms with Gasteiger partial charge in [-0.1, -0.05) is 31.2 Å². The Balaban J connectivity index is 2.08. The fraction of sp³-hybridized carbons (Fsp3) is 0.417. The van der Waals surface area contributed by atoms with Crippen LogP contribution in [0.2, 0.25) is 0 Å². The Morgan fingerprint density at radius 3 is 2.45 bits per heavy atom. The molecule has 178 valence electrons. The minimum Gasteiger partial charge on any atom is -0.497 e.